The van der Waals surface area contributed by atoms with Crippen molar-refractivity contribution < 1.29 is 5.48 Å². The highest BCUT2D eigenvalue weighted by atomic mass is 15.1. The molecule has 8 aromatic carbocycles. The van der Waals surface area contributed by atoms with E-state index < -0.39 is 0 Å². The zero-order chi connectivity index (χ0) is 39.0. The van der Waals surface area contributed by atoms with E-state index in [0.717, 1.165) is 55.6 Å². The second kappa shape index (κ2) is 12.3. The maximum absolute atomic E-state index is 9.99. The first-order chi connectivity index (χ1) is 27.7. The van der Waals surface area contributed by atoms with Gasteiger partial charge >= 0.3 is 0 Å². The van der Waals surface area contributed by atoms with Crippen molar-refractivity contribution in [2.45, 2.75) is 19.3 Å². The Labute approximate surface area is 316 Å². The van der Waals surface area contributed by atoms with Crippen molar-refractivity contribution in [3.63, 3.8) is 0 Å². The average Bonchev–Trinajstić information content (AvgIpc) is 3.70. The van der Waals surface area contributed by atoms with E-state index >= 15 is 0 Å². The van der Waals surface area contributed by atoms with Crippen LogP contribution in [-0.2, 0) is 5.41 Å². The molecule has 0 saturated heterocycles. The molecule has 2 nitrogen and oxygen atoms in total. The molecule has 0 atom stereocenters. The van der Waals surface area contributed by atoms with Crippen molar-refractivity contribution in [2.75, 3.05) is 4.90 Å². The highest BCUT2D eigenvalue weighted by molar-refractivity contribution is 6.10. The van der Waals surface area contributed by atoms with Gasteiger partial charge in [-0.05, 0) is 111 Å². The molecule has 0 aliphatic heterocycles. The van der Waals surface area contributed by atoms with Crippen LogP contribution >= 0.6 is 0 Å². The largest absolute Gasteiger partial charge is 0.310 e. The second-order valence-electron chi connectivity index (χ2n) is 14.3. The molecule has 0 radical (unpaired) electrons. The van der Waals surface area contributed by atoms with E-state index in [1.807, 2.05) is 77.7 Å². The third kappa shape index (κ3) is 5.10. The molecule has 0 N–H and O–H groups in total. The molecular formula is C51H38N2. The van der Waals surface area contributed by atoms with Gasteiger partial charge < -0.3 is 9.47 Å². The van der Waals surface area contributed by atoms with Gasteiger partial charge in [0.05, 0.1) is 16.5 Å². The Balaban J connectivity index is 1.22. The quantitative estimate of drug-likeness (QED) is 0.169. The fraction of sp³-hybridized carbons (Fsp3) is 0.0588. The van der Waals surface area contributed by atoms with Gasteiger partial charge in [0.15, 0.2) is 0 Å². The maximum atomic E-state index is 9.99. The summed E-state index contributed by atoms with van der Waals surface area (Å²) in [6.07, 6.45) is 0. The average molecular weight is 683 g/mol. The number of hydrogen-bond donors (Lipinski definition) is 0. The number of anilines is 3. The highest BCUT2D eigenvalue weighted by Crippen LogP contribution is 2.51. The molecule has 0 spiro atoms. The fourth-order valence-electron chi connectivity index (χ4n) is 8.27. The Hall–Kier alpha value is -6.64. The lowest BCUT2D eigenvalue weighted by Crippen LogP contribution is -2.16. The van der Waals surface area contributed by atoms with Crippen LogP contribution in [0.2, 0.25) is 0 Å². The van der Waals surface area contributed by atoms with Gasteiger partial charge in [0.1, 0.15) is 0 Å². The van der Waals surface area contributed by atoms with Crippen LogP contribution in [0.15, 0.2) is 194 Å². The van der Waals surface area contributed by atoms with Crippen LogP contribution in [-0.4, -0.2) is 4.57 Å². The predicted octanol–water partition coefficient (Wildman–Crippen LogP) is 13.9. The number of rotatable bonds is 6. The van der Waals surface area contributed by atoms with E-state index in [0.29, 0.717) is 11.1 Å². The van der Waals surface area contributed by atoms with Crippen LogP contribution in [0.4, 0.5) is 17.1 Å². The summed E-state index contributed by atoms with van der Waals surface area (Å²) in [5.41, 5.74) is 12.5. The molecule has 0 bridgehead atoms. The van der Waals surface area contributed by atoms with Crippen LogP contribution < -0.4 is 4.90 Å². The molecule has 1 aromatic heterocycles. The van der Waals surface area contributed by atoms with Crippen LogP contribution in [0.1, 0.15) is 30.5 Å². The lowest BCUT2D eigenvalue weighted by molar-refractivity contribution is 0.660. The number of fused-ring (bicyclic) bond motifs is 6. The smallest absolute Gasteiger partial charge is 0.0651 e. The standard InChI is InChI=1S/C51H38N2/c1-51(2)47-25-11-9-23-43(47)44-29-28-42(34-48(44)51)52(40-21-13-17-36(31-40)35-15-5-3-6-16-35)41-22-14-18-37(32-41)38-27-30-50-46(33-38)45-24-10-12-26-49(45)53(50)39-19-7-4-8-20-39/h3-34H,1-2H3/i14D,18D,22D,32D. The molecule has 1 aliphatic rings. The highest BCUT2D eigenvalue weighted by Gasteiger charge is 2.35. The first-order valence-electron chi connectivity index (χ1n) is 20.1. The minimum Gasteiger partial charge on any atom is -0.310 e. The summed E-state index contributed by atoms with van der Waals surface area (Å²) < 4.78 is 40.3. The summed E-state index contributed by atoms with van der Waals surface area (Å²) in [4.78, 5) is 1.96. The van der Waals surface area contributed by atoms with Gasteiger partial charge in [-0.25, -0.2) is 0 Å². The van der Waals surface area contributed by atoms with Gasteiger partial charge in [0, 0.05) is 38.9 Å². The van der Waals surface area contributed by atoms with E-state index in [-0.39, 0.29) is 35.3 Å². The van der Waals surface area contributed by atoms with E-state index in [1.54, 1.807) is 0 Å². The topological polar surface area (TPSA) is 8.17 Å². The zero-order valence-electron chi connectivity index (χ0n) is 33.6. The van der Waals surface area contributed by atoms with Gasteiger partial charge in [-0.2, -0.15) is 0 Å². The number of benzene rings is 8. The number of hydrogen-bond acceptors (Lipinski definition) is 1. The molecule has 9 aromatic rings. The molecule has 10 rings (SSSR count). The fourth-order valence-corrected chi connectivity index (χ4v) is 8.27. The lowest BCUT2D eigenvalue weighted by atomic mass is 9.82. The summed E-state index contributed by atoms with van der Waals surface area (Å²) in [6.45, 7) is 4.49. The van der Waals surface area contributed by atoms with Crippen LogP contribution in [0, 0.1) is 0 Å². The Bertz CT molecular complexity index is 3040. The molecule has 53 heavy (non-hydrogen) atoms. The van der Waals surface area contributed by atoms with Crippen molar-refractivity contribution in [2.24, 2.45) is 0 Å². The Morgan fingerprint density at radius 2 is 1.15 bits per heavy atom. The minimum atomic E-state index is -0.280. The number of para-hydroxylation sites is 2. The van der Waals surface area contributed by atoms with Gasteiger partial charge in [-0.3, -0.25) is 0 Å². The molecule has 0 fully saturated rings. The number of aromatic nitrogens is 1. The van der Waals surface area contributed by atoms with Crippen molar-refractivity contribution in [3.05, 3.63) is 205 Å². The summed E-state index contributed by atoms with van der Waals surface area (Å²) in [5.74, 6) is 0. The van der Waals surface area contributed by atoms with Crippen molar-refractivity contribution in [3.8, 4) is 39.1 Å². The van der Waals surface area contributed by atoms with Crippen LogP contribution in [0.5, 0.6) is 0 Å². The van der Waals surface area contributed by atoms with Crippen molar-refractivity contribution >= 4 is 38.9 Å². The van der Waals surface area contributed by atoms with Gasteiger partial charge in [0.25, 0.3) is 0 Å². The van der Waals surface area contributed by atoms with Crippen molar-refractivity contribution in [1.82, 2.24) is 4.57 Å². The molecular weight excluding hydrogens is 641 g/mol. The third-order valence-corrected chi connectivity index (χ3v) is 10.8. The van der Waals surface area contributed by atoms with E-state index in [1.165, 1.54) is 16.7 Å². The molecule has 0 saturated carbocycles. The molecule has 1 aliphatic carbocycles. The van der Waals surface area contributed by atoms with Gasteiger partial charge in [-0.1, -0.05) is 141 Å². The molecule has 1 heterocycles. The monoisotopic (exact) mass is 682 g/mol. The van der Waals surface area contributed by atoms with Gasteiger partial charge in [-0.15, -0.1) is 0 Å². The van der Waals surface area contributed by atoms with Crippen LogP contribution in [0.3, 0.4) is 0 Å². The molecule has 0 unspecified atom stereocenters. The maximum Gasteiger partial charge on any atom is 0.0651 e. The predicted molar refractivity (Wildman–Crippen MR) is 224 cm³/mol. The lowest BCUT2D eigenvalue weighted by Gasteiger charge is -2.29. The summed E-state index contributed by atoms with van der Waals surface area (Å²) in [7, 11) is 0. The van der Waals surface area contributed by atoms with E-state index in [4.69, 9.17) is 0 Å². The second-order valence-corrected chi connectivity index (χ2v) is 14.3. The molecule has 2 heteroatoms. The van der Waals surface area contributed by atoms with E-state index in [2.05, 4.69) is 115 Å². The summed E-state index contributed by atoms with van der Waals surface area (Å²) in [6, 6.07) is 57.4. The first kappa shape index (κ1) is 27.1. The Kier molecular flexibility index (Phi) is 6.26. The normalized spacial score (nSPS) is 13.9. The van der Waals surface area contributed by atoms with Gasteiger partial charge in [0.2, 0.25) is 0 Å². The van der Waals surface area contributed by atoms with E-state index in [9.17, 15) is 5.48 Å². The van der Waals surface area contributed by atoms with Crippen LogP contribution in [0.25, 0.3) is 60.9 Å². The molecule has 0 amide bonds. The molecule has 252 valence electrons. The van der Waals surface area contributed by atoms with Crippen molar-refractivity contribution in [1.29, 1.82) is 0 Å². The zero-order valence-corrected chi connectivity index (χ0v) is 29.6. The Morgan fingerprint density at radius 3 is 2.02 bits per heavy atom. The number of nitrogens with zero attached hydrogens (tertiary/aromatic N) is 2. The Morgan fingerprint density at radius 1 is 0.472 bits per heavy atom. The summed E-state index contributed by atoms with van der Waals surface area (Å²) in [5, 5.41) is 2.04. The summed E-state index contributed by atoms with van der Waals surface area (Å²) >= 11 is 0. The first-order valence-corrected chi connectivity index (χ1v) is 18.1. The SMILES string of the molecule is [2H]c1c([2H])c(-c2ccc3c(c2)c2ccccc2n3-c2ccccc2)c([2H])c(N(c2cccc(-c3ccccc3)c2)c2ccc3c(c2)C(C)(C)c2ccccc2-3)c1[2H]. The third-order valence-electron chi connectivity index (χ3n) is 10.8. The minimum absolute atomic E-state index is 0.0281.